The zero-order chi connectivity index (χ0) is 18.5. The maximum atomic E-state index is 12.3. The van der Waals surface area contributed by atoms with Gasteiger partial charge in [-0.15, -0.1) is 0 Å². The van der Waals surface area contributed by atoms with Crippen molar-refractivity contribution < 1.29 is 18.8 Å². The van der Waals surface area contributed by atoms with Crippen LogP contribution in [0.1, 0.15) is 6.92 Å². The molecule has 1 N–H and O–H groups in total. The topological polar surface area (TPSA) is 86.5 Å². The molecule has 0 saturated heterocycles. The Morgan fingerprint density at radius 1 is 1.19 bits per heavy atom. The molecule has 3 rings (SSSR count). The van der Waals surface area contributed by atoms with Crippen LogP contribution in [0.4, 0.5) is 5.95 Å². The molecule has 3 aromatic rings. The second-order valence-electron chi connectivity index (χ2n) is 5.33. The van der Waals surface area contributed by atoms with E-state index in [0.29, 0.717) is 22.1 Å². The summed E-state index contributed by atoms with van der Waals surface area (Å²) in [5.41, 5.74) is 0.656. The van der Waals surface area contributed by atoms with E-state index in [-0.39, 0.29) is 11.8 Å². The fourth-order valence-electron chi connectivity index (χ4n) is 2.18. The molecule has 0 fully saturated rings. The summed E-state index contributed by atoms with van der Waals surface area (Å²) in [5, 5.41) is 6.84. The van der Waals surface area contributed by atoms with Gasteiger partial charge in [-0.05, 0) is 42.4 Å². The van der Waals surface area contributed by atoms with Crippen molar-refractivity contribution in [3.05, 3.63) is 53.6 Å². The van der Waals surface area contributed by atoms with Gasteiger partial charge in [0.05, 0.1) is 7.11 Å². The van der Waals surface area contributed by atoms with Gasteiger partial charge in [0.2, 0.25) is 0 Å². The number of para-hydroxylation sites is 2. The first kappa shape index (κ1) is 17.8. The Balaban J connectivity index is 1.66. The molecule has 7 nitrogen and oxygen atoms in total. The molecule has 0 saturated carbocycles. The normalized spacial score (nSPS) is 11.7. The smallest absolute Gasteiger partial charge is 0.270 e. The van der Waals surface area contributed by atoms with Gasteiger partial charge in [0, 0.05) is 10.6 Å². The van der Waals surface area contributed by atoms with Gasteiger partial charge in [0.1, 0.15) is 0 Å². The van der Waals surface area contributed by atoms with Gasteiger partial charge in [-0.1, -0.05) is 29.8 Å². The van der Waals surface area contributed by atoms with Crippen molar-refractivity contribution >= 4 is 23.5 Å². The highest BCUT2D eigenvalue weighted by atomic mass is 35.5. The largest absolute Gasteiger partial charge is 0.493 e. The zero-order valence-electron chi connectivity index (χ0n) is 14.1. The van der Waals surface area contributed by atoms with Gasteiger partial charge in [-0.2, -0.15) is 4.98 Å². The van der Waals surface area contributed by atoms with E-state index in [0.717, 1.165) is 0 Å². The van der Waals surface area contributed by atoms with Crippen molar-refractivity contribution in [2.45, 2.75) is 13.0 Å². The quantitative estimate of drug-likeness (QED) is 0.707. The number of nitrogens with one attached hydrogen (secondary N) is 1. The number of benzene rings is 2. The van der Waals surface area contributed by atoms with Crippen LogP contribution in [0.25, 0.3) is 11.5 Å². The highest BCUT2D eigenvalue weighted by Crippen LogP contribution is 2.27. The number of amides is 1. The number of carbonyl (C=O) groups is 1. The molecule has 1 amide bonds. The predicted molar refractivity (Wildman–Crippen MR) is 96.5 cm³/mol. The summed E-state index contributed by atoms with van der Waals surface area (Å²) < 4.78 is 16.0. The molecular formula is C18H16ClN3O4. The average molecular weight is 374 g/mol. The number of ether oxygens (including phenoxy) is 2. The summed E-state index contributed by atoms with van der Waals surface area (Å²) in [6.07, 6.45) is -0.792. The van der Waals surface area contributed by atoms with Crippen LogP contribution in [0.5, 0.6) is 11.5 Å². The molecule has 1 heterocycles. The Bertz CT molecular complexity index is 913. The monoisotopic (exact) mass is 373 g/mol. The molecule has 0 spiro atoms. The van der Waals surface area contributed by atoms with Crippen molar-refractivity contribution in [1.82, 2.24) is 10.1 Å². The van der Waals surface area contributed by atoms with E-state index in [9.17, 15) is 4.79 Å². The lowest BCUT2D eigenvalue weighted by molar-refractivity contribution is -0.122. The maximum Gasteiger partial charge on any atom is 0.270 e. The van der Waals surface area contributed by atoms with Crippen LogP contribution in [0.2, 0.25) is 5.02 Å². The molecule has 1 unspecified atom stereocenters. The van der Waals surface area contributed by atoms with Gasteiger partial charge in [0.25, 0.3) is 17.7 Å². The molecule has 0 aliphatic rings. The molecule has 1 aromatic heterocycles. The Morgan fingerprint density at radius 2 is 1.96 bits per heavy atom. The van der Waals surface area contributed by atoms with Crippen LogP contribution in [0.15, 0.2) is 53.1 Å². The number of aromatic nitrogens is 2. The number of hydrogen-bond acceptors (Lipinski definition) is 6. The Hall–Kier alpha value is -3.06. The fraction of sp³-hybridized carbons (Fsp3) is 0.167. The van der Waals surface area contributed by atoms with E-state index in [1.165, 1.54) is 7.11 Å². The molecule has 0 bridgehead atoms. The summed E-state index contributed by atoms with van der Waals surface area (Å²) in [6, 6.07) is 14.0. The van der Waals surface area contributed by atoms with Crippen molar-refractivity contribution in [3.63, 3.8) is 0 Å². The van der Waals surface area contributed by atoms with E-state index < -0.39 is 12.0 Å². The Kier molecular flexibility index (Phi) is 5.38. The Labute approximate surface area is 154 Å². The molecule has 0 radical (unpaired) electrons. The van der Waals surface area contributed by atoms with E-state index in [1.54, 1.807) is 49.4 Å². The van der Waals surface area contributed by atoms with Crippen molar-refractivity contribution in [2.75, 3.05) is 12.4 Å². The lowest BCUT2D eigenvalue weighted by atomic mass is 10.2. The van der Waals surface area contributed by atoms with Gasteiger partial charge in [-0.3, -0.25) is 10.1 Å². The summed E-state index contributed by atoms with van der Waals surface area (Å²) >= 11 is 5.94. The highest BCUT2D eigenvalue weighted by Gasteiger charge is 2.19. The van der Waals surface area contributed by atoms with Crippen LogP contribution in [0, 0.1) is 0 Å². The molecule has 2 aromatic carbocycles. The average Bonchev–Trinajstić information content (AvgIpc) is 3.10. The molecular weight excluding hydrogens is 358 g/mol. The maximum absolute atomic E-state index is 12.3. The predicted octanol–water partition coefficient (Wildman–Crippen LogP) is 3.80. The van der Waals surface area contributed by atoms with Crippen molar-refractivity contribution in [3.8, 4) is 23.0 Å². The number of carbonyl (C=O) groups excluding carboxylic acids is 1. The molecule has 8 heteroatoms. The third-order valence-electron chi connectivity index (χ3n) is 3.47. The van der Waals surface area contributed by atoms with Crippen LogP contribution in [0.3, 0.4) is 0 Å². The van der Waals surface area contributed by atoms with Gasteiger partial charge >= 0.3 is 0 Å². The first-order chi connectivity index (χ1) is 12.6. The fourth-order valence-corrected chi connectivity index (χ4v) is 2.38. The summed E-state index contributed by atoms with van der Waals surface area (Å²) in [7, 11) is 1.53. The lowest BCUT2D eigenvalue weighted by Gasteiger charge is -2.15. The number of methoxy groups -OCH3 is 1. The second-order valence-corrected chi connectivity index (χ2v) is 5.77. The highest BCUT2D eigenvalue weighted by molar-refractivity contribution is 6.30. The van der Waals surface area contributed by atoms with Gasteiger partial charge in [-0.25, -0.2) is 0 Å². The van der Waals surface area contributed by atoms with Crippen LogP contribution in [-0.4, -0.2) is 29.3 Å². The number of halogens is 1. The second kappa shape index (κ2) is 7.88. The van der Waals surface area contributed by atoms with E-state index in [1.807, 2.05) is 6.07 Å². The third kappa shape index (κ3) is 4.12. The Morgan fingerprint density at radius 3 is 2.69 bits per heavy atom. The van der Waals surface area contributed by atoms with Crippen molar-refractivity contribution in [1.29, 1.82) is 0 Å². The number of anilines is 1. The summed E-state index contributed by atoms with van der Waals surface area (Å²) in [6.45, 7) is 1.61. The van der Waals surface area contributed by atoms with Crippen LogP contribution < -0.4 is 14.8 Å². The third-order valence-corrected chi connectivity index (χ3v) is 3.71. The molecule has 0 aliphatic heterocycles. The number of nitrogens with zero attached hydrogens (tertiary/aromatic N) is 2. The van der Waals surface area contributed by atoms with Crippen LogP contribution >= 0.6 is 11.6 Å². The van der Waals surface area contributed by atoms with Crippen molar-refractivity contribution in [2.24, 2.45) is 0 Å². The summed E-state index contributed by atoms with van der Waals surface area (Å²) in [5.74, 6) is 0.872. The number of rotatable bonds is 6. The van der Waals surface area contributed by atoms with Crippen LogP contribution in [-0.2, 0) is 4.79 Å². The number of hydrogen-bond donors (Lipinski definition) is 1. The van der Waals surface area contributed by atoms with E-state index in [4.69, 9.17) is 25.6 Å². The molecule has 1 atom stereocenters. The minimum atomic E-state index is -0.792. The standard InChI is InChI=1S/C18H16ClN3O4/c1-11(25-15-9-4-3-8-14(15)24-2)16(23)20-18-21-17(26-22-18)12-6-5-7-13(19)10-12/h3-11H,1-2H3,(H,20,22,23). The van der Waals surface area contributed by atoms with Gasteiger partial charge < -0.3 is 14.0 Å². The minimum Gasteiger partial charge on any atom is -0.493 e. The summed E-state index contributed by atoms with van der Waals surface area (Å²) in [4.78, 5) is 16.4. The minimum absolute atomic E-state index is 0.0421. The van der Waals surface area contributed by atoms with E-state index >= 15 is 0 Å². The zero-order valence-corrected chi connectivity index (χ0v) is 14.9. The van der Waals surface area contributed by atoms with E-state index in [2.05, 4.69) is 15.5 Å². The molecule has 134 valence electrons. The first-order valence-electron chi connectivity index (χ1n) is 7.77. The first-order valence-corrected chi connectivity index (χ1v) is 8.15. The van der Waals surface area contributed by atoms with Gasteiger partial charge in [0.15, 0.2) is 17.6 Å². The SMILES string of the molecule is COc1ccccc1OC(C)C(=O)Nc1noc(-c2cccc(Cl)c2)n1. The molecule has 26 heavy (non-hydrogen) atoms. The lowest BCUT2D eigenvalue weighted by Crippen LogP contribution is -2.30. The molecule has 0 aliphatic carbocycles.